The van der Waals surface area contributed by atoms with Crippen LogP contribution in [0.3, 0.4) is 0 Å². The Kier molecular flexibility index (Phi) is 3.72. The summed E-state index contributed by atoms with van der Waals surface area (Å²) in [5, 5.41) is 10.1. The van der Waals surface area contributed by atoms with Crippen molar-refractivity contribution < 1.29 is 9.59 Å². The van der Waals surface area contributed by atoms with Crippen LogP contribution < -0.4 is 0 Å². The summed E-state index contributed by atoms with van der Waals surface area (Å²) in [6.45, 7) is 5.00. The van der Waals surface area contributed by atoms with Gasteiger partial charge in [-0.05, 0) is 42.5 Å². The Bertz CT molecular complexity index is 598. The van der Waals surface area contributed by atoms with Crippen molar-refractivity contribution in [2.45, 2.75) is 69.7 Å². The number of phenolic OH excluding ortho intramolecular Hbond substituents is 1. The first-order valence-corrected chi connectivity index (χ1v) is 9.76. The van der Waals surface area contributed by atoms with E-state index in [0.717, 1.165) is 12.0 Å². The van der Waals surface area contributed by atoms with Gasteiger partial charge in [0.2, 0.25) is 0 Å². The van der Waals surface area contributed by atoms with E-state index in [1.165, 1.54) is 80.1 Å². The molecule has 2 heteroatoms. The molecule has 1 aromatic rings. The summed E-state index contributed by atoms with van der Waals surface area (Å²) in [6.07, 6.45) is 10.7. The fourth-order valence-electron chi connectivity index (χ4n) is 6.25. The van der Waals surface area contributed by atoms with Gasteiger partial charge in [-0.3, -0.25) is 0 Å². The third-order valence-electron chi connectivity index (χ3n) is 7.51. The molecule has 126 valence electrons. The number of aromatic hydroxyl groups is 1. The van der Waals surface area contributed by atoms with Crippen LogP contribution >= 0.6 is 0 Å². The first-order chi connectivity index (χ1) is 11.1. The van der Waals surface area contributed by atoms with Crippen molar-refractivity contribution in [1.29, 1.82) is 0 Å². The Morgan fingerprint density at radius 2 is 2.13 bits per heavy atom. The molecule has 2 nitrogen and oxygen atoms in total. The quantitative estimate of drug-likeness (QED) is 0.820. The molecule has 1 aliphatic heterocycles. The minimum atomic E-state index is 0.374. The SMILES string of the molecule is CCCC[N@@+]1(C)CC[C@]23CCCC[C@H]2C1Cc1ccc(O)cc13. The Balaban J connectivity index is 1.79. The van der Waals surface area contributed by atoms with Gasteiger partial charge in [-0.2, -0.15) is 0 Å². The molecular formula is C21H32NO+. The van der Waals surface area contributed by atoms with Crippen LogP contribution in [-0.4, -0.2) is 35.8 Å². The van der Waals surface area contributed by atoms with Gasteiger partial charge >= 0.3 is 0 Å². The molecule has 1 unspecified atom stereocenters. The molecule has 0 amide bonds. The lowest BCUT2D eigenvalue weighted by Crippen LogP contribution is -2.68. The van der Waals surface area contributed by atoms with Crippen molar-refractivity contribution in [3.05, 3.63) is 29.3 Å². The van der Waals surface area contributed by atoms with E-state index in [2.05, 4.69) is 26.1 Å². The van der Waals surface area contributed by atoms with Crippen LogP contribution in [0.15, 0.2) is 18.2 Å². The molecule has 0 aromatic heterocycles. The first-order valence-electron chi connectivity index (χ1n) is 9.76. The highest BCUT2D eigenvalue weighted by Gasteiger charge is 2.58. The minimum Gasteiger partial charge on any atom is -0.508 e. The molecule has 1 saturated carbocycles. The summed E-state index contributed by atoms with van der Waals surface area (Å²) in [7, 11) is 2.53. The molecule has 2 aliphatic carbocycles. The van der Waals surface area contributed by atoms with Crippen molar-refractivity contribution in [3.63, 3.8) is 0 Å². The zero-order valence-electron chi connectivity index (χ0n) is 14.9. The maximum atomic E-state index is 10.1. The topological polar surface area (TPSA) is 20.2 Å². The van der Waals surface area contributed by atoms with Gasteiger partial charge in [0.1, 0.15) is 5.75 Å². The predicted octanol–water partition coefficient (Wildman–Crippen LogP) is 4.40. The van der Waals surface area contributed by atoms with Crippen LogP contribution in [0.25, 0.3) is 0 Å². The van der Waals surface area contributed by atoms with Crippen LogP contribution in [0.4, 0.5) is 0 Å². The molecule has 2 bridgehead atoms. The number of likely N-dealkylation sites (N-methyl/N-ethyl adjacent to an activating group) is 1. The second kappa shape index (κ2) is 5.51. The molecule has 0 radical (unpaired) electrons. The number of likely N-dealkylation sites (tertiary alicyclic amines) is 1. The zero-order chi connectivity index (χ0) is 16.1. The third kappa shape index (κ3) is 2.25. The van der Waals surface area contributed by atoms with E-state index in [1.54, 1.807) is 0 Å². The van der Waals surface area contributed by atoms with E-state index in [9.17, 15) is 5.11 Å². The first kappa shape index (κ1) is 15.5. The van der Waals surface area contributed by atoms with Gasteiger partial charge in [0.25, 0.3) is 0 Å². The summed E-state index contributed by atoms with van der Waals surface area (Å²) in [5.74, 6) is 1.30. The molecule has 1 N–H and O–H groups in total. The maximum absolute atomic E-state index is 10.1. The zero-order valence-corrected chi connectivity index (χ0v) is 14.9. The average Bonchev–Trinajstić information content (AvgIpc) is 2.57. The molecule has 2 fully saturated rings. The molecule has 1 aromatic carbocycles. The number of piperidine rings is 1. The normalized spacial score (nSPS) is 38.7. The minimum absolute atomic E-state index is 0.374. The Morgan fingerprint density at radius 1 is 1.26 bits per heavy atom. The Hall–Kier alpha value is -1.02. The van der Waals surface area contributed by atoms with Crippen LogP contribution in [-0.2, 0) is 11.8 Å². The second-order valence-corrected chi connectivity index (χ2v) is 8.65. The molecule has 3 aliphatic rings. The highest BCUT2D eigenvalue weighted by molar-refractivity contribution is 5.44. The summed E-state index contributed by atoms with van der Waals surface area (Å²) < 4.78 is 1.29. The smallest absolute Gasteiger partial charge is 0.115 e. The van der Waals surface area contributed by atoms with Crippen molar-refractivity contribution in [1.82, 2.24) is 0 Å². The standard InChI is InChI=1S/C21H31NO/c1-3-4-12-22(2)13-11-21-10-6-5-7-18(21)20(22)14-16-8-9-17(23)15-19(16)21/h8-9,15,18,20H,3-7,10-14H2,1-2H3/p+1/t18-,20?,21+,22-/m0/s1. The predicted molar refractivity (Wildman–Crippen MR) is 94.7 cm³/mol. The van der Waals surface area contributed by atoms with Gasteiger partial charge in [0, 0.05) is 24.2 Å². The lowest BCUT2D eigenvalue weighted by Gasteiger charge is -2.61. The van der Waals surface area contributed by atoms with Gasteiger partial charge in [-0.25, -0.2) is 0 Å². The van der Waals surface area contributed by atoms with E-state index >= 15 is 0 Å². The molecule has 4 rings (SSSR count). The summed E-state index contributed by atoms with van der Waals surface area (Å²) in [5.41, 5.74) is 3.42. The number of nitrogens with zero attached hydrogens (tertiary/aromatic N) is 1. The molecule has 23 heavy (non-hydrogen) atoms. The van der Waals surface area contributed by atoms with Crippen LogP contribution in [0.2, 0.25) is 0 Å². The number of fused-ring (bicyclic) bond motifs is 1. The van der Waals surface area contributed by atoms with Crippen molar-refractivity contribution in [2.75, 3.05) is 20.1 Å². The van der Waals surface area contributed by atoms with E-state index in [4.69, 9.17) is 0 Å². The van der Waals surface area contributed by atoms with Crippen LogP contribution in [0.5, 0.6) is 5.75 Å². The molecule has 4 atom stereocenters. The number of hydrogen-bond donors (Lipinski definition) is 1. The number of hydrogen-bond acceptors (Lipinski definition) is 1. The van der Waals surface area contributed by atoms with Crippen molar-refractivity contribution in [2.24, 2.45) is 5.92 Å². The van der Waals surface area contributed by atoms with Gasteiger partial charge in [-0.15, -0.1) is 0 Å². The number of quaternary nitrogens is 1. The van der Waals surface area contributed by atoms with E-state index in [1.807, 2.05) is 6.07 Å². The van der Waals surface area contributed by atoms with E-state index < -0.39 is 0 Å². The molecule has 0 spiro atoms. The van der Waals surface area contributed by atoms with Gasteiger partial charge < -0.3 is 9.59 Å². The highest BCUT2D eigenvalue weighted by atomic mass is 16.3. The largest absolute Gasteiger partial charge is 0.508 e. The average molecular weight is 314 g/mol. The number of unbranched alkanes of at least 4 members (excludes halogenated alkanes) is 1. The fourth-order valence-corrected chi connectivity index (χ4v) is 6.25. The Labute approximate surface area is 141 Å². The number of rotatable bonds is 3. The number of phenols is 1. The highest BCUT2D eigenvalue weighted by Crippen LogP contribution is 2.57. The van der Waals surface area contributed by atoms with Crippen LogP contribution in [0.1, 0.15) is 63.0 Å². The molecule has 1 heterocycles. The maximum Gasteiger partial charge on any atom is 0.115 e. The third-order valence-corrected chi connectivity index (χ3v) is 7.51. The van der Waals surface area contributed by atoms with E-state index in [-0.39, 0.29) is 0 Å². The lowest BCUT2D eigenvalue weighted by atomic mass is 9.52. The van der Waals surface area contributed by atoms with E-state index in [0.29, 0.717) is 11.2 Å². The number of benzene rings is 1. The molecule has 1 saturated heterocycles. The molecular weight excluding hydrogens is 282 g/mol. The summed E-state index contributed by atoms with van der Waals surface area (Å²) in [4.78, 5) is 0. The van der Waals surface area contributed by atoms with Gasteiger partial charge in [0.15, 0.2) is 0 Å². The second-order valence-electron chi connectivity index (χ2n) is 8.65. The summed E-state index contributed by atoms with van der Waals surface area (Å²) in [6, 6.07) is 7.04. The Morgan fingerprint density at radius 3 is 2.96 bits per heavy atom. The summed E-state index contributed by atoms with van der Waals surface area (Å²) >= 11 is 0. The van der Waals surface area contributed by atoms with Gasteiger partial charge in [-0.1, -0.05) is 32.3 Å². The lowest BCUT2D eigenvalue weighted by molar-refractivity contribution is -0.945. The fraction of sp³-hybridized carbons (Fsp3) is 0.714. The van der Waals surface area contributed by atoms with Crippen molar-refractivity contribution >= 4 is 0 Å². The van der Waals surface area contributed by atoms with Crippen molar-refractivity contribution in [3.8, 4) is 5.75 Å². The van der Waals surface area contributed by atoms with Crippen LogP contribution in [0, 0.1) is 5.92 Å². The monoisotopic (exact) mass is 314 g/mol. The van der Waals surface area contributed by atoms with Gasteiger partial charge in [0.05, 0.1) is 26.2 Å².